The second-order valence-corrected chi connectivity index (χ2v) is 4.13. The molecule has 0 aliphatic heterocycles. The number of nitrogens with zero attached hydrogens (tertiary/aromatic N) is 1. The summed E-state index contributed by atoms with van der Waals surface area (Å²) in [6.45, 7) is 2.20. The molecule has 2 rings (SSSR count). The summed E-state index contributed by atoms with van der Waals surface area (Å²) < 4.78 is 39.9. The van der Waals surface area contributed by atoms with Crippen molar-refractivity contribution in [3.05, 3.63) is 53.5 Å². The van der Waals surface area contributed by atoms with Crippen LogP contribution in [0.15, 0.2) is 30.5 Å². The first kappa shape index (κ1) is 14.8. The molecule has 1 aromatic carbocycles. The Morgan fingerprint density at radius 2 is 1.95 bits per heavy atom. The lowest BCUT2D eigenvalue weighted by Gasteiger charge is -2.09. The molecular formula is C14H12F3N3O. The van der Waals surface area contributed by atoms with Crippen molar-refractivity contribution in [2.75, 3.05) is 17.2 Å². The second-order valence-electron chi connectivity index (χ2n) is 4.13. The highest BCUT2D eigenvalue weighted by Gasteiger charge is 2.16. The third-order valence-corrected chi connectivity index (χ3v) is 2.66. The average Bonchev–Trinajstić information content (AvgIpc) is 2.45. The summed E-state index contributed by atoms with van der Waals surface area (Å²) >= 11 is 0. The zero-order valence-electron chi connectivity index (χ0n) is 11.1. The molecule has 0 saturated heterocycles. The van der Waals surface area contributed by atoms with Crippen molar-refractivity contribution >= 4 is 17.4 Å². The van der Waals surface area contributed by atoms with Crippen molar-refractivity contribution in [3.63, 3.8) is 0 Å². The highest BCUT2D eigenvalue weighted by atomic mass is 19.2. The topological polar surface area (TPSA) is 54.0 Å². The predicted octanol–water partition coefficient (Wildman–Crippen LogP) is 3.18. The second kappa shape index (κ2) is 6.25. The maximum atomic E-state index is 14.0. The number of carbonyl (C=O) groups excluding carboxylic acids is 1. The first-order chi connectivity index (χ1) is 10.0. The predicted molar refractivity (Wildman–Crippen MR) is 72.7 cm³/mol. The van der Waals surface area contributed by atoms with Gasteiger partial charge < -0.3 is 10.6 Å². The monoisotopic (exact) mass is 295 g/mol. The Bertz CT molecular complexity index is 677. The minimum atomic E-state index is -1.10. The van der Waals surface area contributed by atoms with Gasteiger partial charge in [-0.15, -0.1) is 0 Å². The van der Waals surface area contributed by atoms with Crippen LogP contribution in [0.5, 0.6) is 0 Å². The molecule has 1 aromatic heterocycles. The molecule has 2 N–H and O–H groups in total. The van der Waals surface area contributed by atoms with Crippen molar-refractivity contribution in [2.45, 2.75) is 6.92 Å². The van der Waals surface area contributed by atoms with E-state index in [-0.39, 0.29) is 17.1 Å². The van der Waals surface area contributed by atoms with E-state index >= 15 is 0 Å². The summed E-state index contributed by atoms with van der Waals surface area (Å²) in [6.07, 6.45) is 1.28. The Balaban J connectivity index is 2.24. The zero-order chi connectivity index (χ0) is 15.4. The van der Waals surface area contributed by atoms with Gasteiger partial charge in [-0.1, -0.05) is 0 Å². The van der Waals surface area contributed by atoms with Crippen molar-refractivity contribution in [3.8, 4) is 0 Å². The van der Waals surface area contributed by atoms with Gasteiger partial charge in [0.25, 0.3) is 5.91 Å². The Hall–Kier alpha value is -2.57. The molecule has 0 aliphatic rings. The molecule has 7 heteroatoms. The molecule has 21 heavy (non-hydrogen) atoms. The standard InChI is InChI=1S/C14H12F3N3O/c1-2-18-13-12(17)9(5-6-19-13)14(21)20-8-3-4-10(15)11(16)7-8/h3-7H,2H2,1H3,(H,18,19)(H,20,21). The summed E-state index contributed by atoms with van der Waals surface area (Å²) in [5, 5.41) is 4.97. The van der Waals surface area contributed by atoms with Crippen molar-refractivity contribution < 1.29 is 18.0 Å². The smallest absolute Gasteiger partial charge is 0.258 e. The summed E-state index contributed by atoms with van der Waals surface area (Å²) in [4.78, 5) is 15.7. The largest absolute Gasteiger partial charge is 0.368 e. The molecule has 1 amide bonds. The SMILES string of the molecule is CCNc1nccc(C(=O)Nc2ccc(F)c(F)c2)c1F. The molecule has 0 fully saturated rings. The molecule has 0 aliphatic carbocycles. The van der Waals surface area contributed by atoms with Gasteiger partial charge in [-0.05, 0) is 25.1 Å². The normalized spacial score (nSPS) is 10.3. The minimum absolute atomic E-state index is 0.0279. The van der Waals surface area contributed by atoms with Gasteiger partial charge in [0.05, 0.1) is 5.56 Å². The third-order valence-electron chi connectivity index (χ3n) is 2.66. The lowest BCUT2D eigenvalue weighted by atomic mass is 10.2. The van der Waals surface area contributed by atoms with Gasteiger partial charge in [0, 0.05) is 24.5 Å². The fourth-order valence-electron chi connectivity index (χ4n) is 1.68. The molecule has 4 nitrogen and oxygen atoms in total. The number of carbonyl (C=O) groups is 1. The fourth-order valence-corrected chi connectivity index (χ4v) is 1.68. The van der Waals surface area contributed by atoms with Crippen molar-refractivity contribution in [2.24, 2.45) is 0 Å². The Morgan fingerprint density at radius 1 is 1.19 bits per heavy atom. The van der Waals surface area contributed by atoms with Gasteiger partial charge in [0.1, 0.15) is 0 Å². The van der Waals surface area contributed by atoms with Crippen LogP contribution in [0.25, 0.3) is 0 Å². The third kappa shape index (κ3) is 3.31. The Labute approximate surface area is 119 Å². The number of aromatic nitrogens is 1. The van der Waals surface area contributed by atoms with E-state index in [1.165, 1.54) is 18.3 Å². The van der Waals surface area contributed by atoms with Crippen LogP contribution in [0.4, 0.5) is 24.7 Å². The number of anilines is 2. The van der Waals surface area contributed by atoms with Crippen LogP contribution in [0.2, 0.25) is 0 Å². The number of nitrogens with one attached hydrogen (secondary N) is 2. The molecular weight excluding hydrogens is 283 g/mol. The number of hydrogen-bond acceptors (Lipinski definition) is 3. The van der Waals surface area contributed by atoms with Gasteiger partial charge >= 0.3 is 0 Å². The molecule has 0 saturated carbocycles. The van der Waals surface area contributed by atoms with E-state index < -0.39 is 23.4 Å². The molecule has 2 aromatic rings. The van der Waals surface area contributed by atoms with Gasteiger partial charge in [-0.25, -0.2) is 18.2 Å². The first-order valence-corrected chi connectivity index (χ1v) is 6.17. The van der Waals surface area contributed by atoms with E-state index in [0.717, 1.165) is 12.1 Å². The maximum Gasteiger partial charge on any atom is 0.258 e. The fraction of sp³-hybridized carbons (Fsp3) is 0.143. The summed E-state index contributed by atoms with van der Waals surface area (Å²) in [7, 11) is 0. The Kier molecular flexibility index (Phi) is 4.42. The van der Waals surface area contributed by atoms with E-state index in [2.05, 4.69) is 15.6 Å². The quantitative estimate of drug-likeness (QED) is 0.911. The van der Waals surface area contributed by atoms with Crippen LogP contribution >= 0.6 is 0 Å². The van der Waals surface area contributed by atoms with E-state index in [9.17, 15) is 18.0 Å². The van der Waals surface area contributed by atoms with Gasteiger partial charge in [-0.2, -0.15) is 0 Å². The molecule has 0 atom stereocenters. The molecule has 0 unspecified atom stereocenters. The van der Waals surface area contributed by atoms with Gasteiger partial charge in [0.2, 0.25) is 0 Å². The summed E-state index contributed by atoms with van der Waals surface area (Å²) in [5.74, 6) is -3.76. The lowest BCUT2D eigenvalue weighted by Crippen LogP contribution is -2.16. The molecule has 0 spiro atoms. The Morgan fingerprint density at radius 3 is 2.62 bits per heavy atom. The average molecular weight is 295 g/mol. The van der Waals surface area contributed by atoms with E-state index in [0.29, 0.717) is 6.54 Å². The van der Waals surface area contributed by atoms with Crippen LogP contribution in [0, 0.1) is 17.5 Å². The molecule has 1 heterocycles. The van der Waals surface area contributed by atoms with Crippen molar-refractivity contribution in [1.82, 2.24) is 4.98 Å². The van der Waals surface area contributed by atoms with Crippen LogP contribution in [-0.4, -0.2) is 17.4 Å². The minimum Gasteiger partial charge on any atom is -0.368 e. The summed E-state index contributed by atoms with van der Waals surface area (Å²) in [5.41, 5.74) is -0.217. The van der Waals surface area contributed by atoms with E-state index in [4.69, 9.17) is 0 Å². The van der Waals surface area contributed by atoms with Crippen LogP contribution < -0.4 is 10.6 Å². The first-order valence-electron chi connectivity index (χ1n) is 6.17. The summed E-state index contributed by atoms with van der Waals surface area (Å²) in [6, 6.07) is 4.07. The van der Waals surface area contributed by atoms with E-state index in [1.54, 1.807) is 6.92 Å². The lowest BCUT2D eigenvalue weighted by molar-refractivity contribution is 0.102. The van der Waals surface area contributed by atoms with Crippen molar-refractivity contribution in [1.29, 1.82) is 0 Å². The van der Waals surface area contributed by atoms with E-state index in [1.807, 2.05) is 0 Å². The molecule has 0 bridgehead atoms. The van der Waals surface area contributed by atoms with Gasteiger partial charge in [-0.3, -0.25) is 4.79 Å². The highest BCUT2D eigenvalue weighted by Crippen LogP contribution is 2.18. The number of benzene rings is 1. The zero-order valence-corrected chi connectivity index (χ0v) is 11.1. The van der Waals surface area contributed by atoms with Crippen LogP contribution in [0.1, 0.15) is 17.3 Å². The highest BCUT2D eigenvalue weighted by molar-refractivity contribution is 6.04. The molecule has 0 radical (unpaired) electrons. The molecule has 110 valence electrons. The van der Waals surface area contributed by atoms with Crippen LogP contribution in [-0.2, 0) is 0 Å². The number of amides is 1. The number of hydrogen-bond donors (Lipinski definition) is 2. The van der Waals surface area contributed by atoms with Gasteiger partial charge in [0.15, 0.2) is 23.3 Å². The number of pyridine rings is 1. The number of halogens is 3. The maximum absolute atomic E-state index is 14.0. The number of rotatable bonds is 4. The van der Waals surface area contributed by atoms with Crippen LogP contribution in [0.3, 0.4) is 0 Å².